The van der Waals surface area contributed by atoms with Crippen LogP contribution in [0.25, 0.3) is 0 Å². The Morgan fingerprint density at radius 2 is 1.70 bits per heavy atom. The van der Waals surface area contributed by atoms with E-state index in [4.69, 9.17) is 11.0 Å². The summed E-state index contributed by atoms with van der Waals surface area (Å²) in [4.78, 5) is 1.44. The molecule has 0 saturated carbocycles. The van der Waals surface area contributed by atoms with Gasteiger partial charge in [0.05, 0.1) is 12.5 Å². The molecule has 2 aromatic rings. The van der Waals surface area contributed by atoms with E-state index in [1.165, 1.54) is 4.90 Å². The maximum atomic E-state index is 14.0. The van der Waals surface area contributed by atoms with Gasteiger partial charge in [0.25, 0.3) is 0 Å². The van der Waals surface area contributed by atoms with Gasteiger partial charge in [0.1, 0.15) is 5.69 Å². The van der Waals surface area contributed by atoms with Crippen LogP contribution >= 0.6 is 0 Å². The van der Waals surface area contributed by atoms with Gasteiger partial charge in [-0.25, -0.2) is 8.78 Å². The number of benzene rings is 2. The molecular weight excluding hydrogens is 260 g/mol. The molecule has 0 amide bonds. The zero-order valence-electron chi connectivity index (χ0n) is 10.7. The van der Waals surface area contributed by atoms with Crippen molar-refractivity contribution >= 4 is 17.1 Å². The number of rotatable bonds is 4. The molecule has 102 valence electrons. The summed E-state index contributed by atoms with van der Waals surface area (Å²) in [7, 11) is 0. The SMILES string of the molecule is N#CCCN(c1ccccc1)c1c(F)cc(N)cc1F. The van der Waals surface area contributed by atoms with Crippen LogP contribution < -0.4 is 10.6 Å². The third-order valence-corrected chi connectivity index (χ3v) is 2.82. The molecule has 3 nitrogen and oxygen atoms in total. The second-order valence-electron chi connectivity index (χ2n) is 4.23. The van der Waals surface area contributed by atoms with Crippen molar-refractivity contribution in [3.8, 4) is 6.07 Å². The van der Waals surface area contributed by atoms with Crippen molar-refractivity contribution in [1.29, 1.82) is 5.26 Å². The minimum absolute atomic E-state index is 0.0250. The first-order chi connectivity index (χ1) is 9.63. The largest absolute Gasteiger partial charge is 0.399 e. The van der Waals surface area contributed by atoms with E-state index in [0.717, 1.165) is 12.1 Å². The molecule has 0 aromatic heterocycles. The van der Waals surface area contributed by atoms with E-state index in [9.17, 15) is 8.78 Å². The number of nitrogens with zero attached hydrogens (tertiary/aromatic N) is 2. The Kier molecular flexibility index (Phi) is 4.16. The quantitative estimate of drug-likeness (QED) is 0.866. The third-order valence-electron chi connectivity index (χ3n) is 2.82. The Labute approximate surface area is 115 Å². The van der Waals surface area contributed by atoms with E-state index < -0.39 is 11.6 Å². The molecule has 0 unspecified atom stereocenters. The smallest absolute Gasteiger partial charge is 0.151 e. The van der Waals surface area contributed by atoms with Crippen LogP contribution in [0.4, 0.5) is 25.8 Å². The molecular formula is C15H13F2N3. The lowest BCUT2D eigenvalue weighted by Crippen LogP contribution is -2.21. The highest BCUT2D eigenvalue weighted by atomic mass is 19.1. The number of nitrogen functional groups attached to an aromatic ring is 1. The summed E-state index contributed by atoms with van der Waals surface area (Å²) in [6, 6.07) is 12.9. The monoisotopic (exact) mass is 273 g/mol. The van der Waals surface area contributed by atoms with Crippen LogP contribution in [0.2, 0.25) is 0 Å². The summed E-state index contributed by atoms with van der Waals surface area (Å²) in [5.74, 6) is -1.49. The number of para-hydroxylation sites is 1. The Bertz CT molecular complexity index is 612. The van der Waals surface area contributed by atoms with Crippen molar-refractivity contribution in [2.24, 2.45) is 0 Å². The molecule has 2 rings (SSSR count). The van der Waals surface area contributed by atoms with E-state index in [1.54, 1.807) is 24.3 Å². The molecule has 2 N–H and O–H groups in total. The molecule has 20 heavy (non-hydrogen) atoms. The first-order valence-electron chi connectivity index (χ1n) is 6.07. The van der Waals surface area contributed by atoms with Crippen LogP contribution in [0, 0.1) is 23.0 Å². The van der Waals surface area contributed by atoms with Crippen molar-refractivity contribution in [3.05, 3.63) is 54.1 Å². The average molecular weight is 273 g/mol. The summed E-state index contributed by atoms with van der Waals surface area (Å²) < 4.78 is 28.1. The molecule has 0 aliphatic rings. The number of anilines is 3. The maximum absolute atomic E-state index is 14.0. The third kappa shape index (κ3) is 2.86. The zero-order chi connectivity index (χ0) is 14.5. The van der Waals surface area contributed by atoms with Gasteiger partial charge >= 0.3 is 0 Å². The number of hydrogen-bond donors (Lipinski definition) is 1. The van der Waals surface area contributed by atoms with Crippen molar-refractivity contribution in [3.63, 3.8) is 0 Å². The van der Waals surface area contributed by atoms with Crippen molar-refractivity contribution < 1.29 is 8.78 Å². The molecule has 0 aliphatic carbocycles. The highest BCUT2D eigenvalue weighted by Gasteiger charge is 2.19. The van der Waals surface area contributed by atoms with Gasteiger partial charge in [-0.2, -0.15) is 5.26 Å². The number of nitrogens with two attached hydrogens (primary N) is 1. The molecule has 0 saturated heterocycles. The predicted octanol–water partition coefficient (Wildman–Crippen LogP) is 3.60. The summed E-state index contributed by atoms with van der Waals surface area (Å²) in [5, 5.41) is 8.71. The zero-order valence-corrected chi connectivity index (χ0v) is 10.7. The normalized spacial score (nSPS) is 10.1. The first kappa shape index (κ1) is 13.8. The van der Waals surface area contributed by atoms with Gasteiger partial charge in [0, 0.05) is 17.9 Å². The van der Waals surface area contributed by atoms with Gasteiger partial charge in [0.15, 0.2) is 11.6 Å². The molecule has 0 heterocycles. The second-order valence-corrected chi connectivity index (χ2v) is 4.23. The highest BCUT2D eigenvalue weighted by Crippen LogP contribution is 2.31. The Morgan fingerprint density at radius 1 is 1.10 bits per heavy atom. The molecule has 0 fully saturated rings. The van der Waals surface area contributed by atoms with E-state index in [2.05, 4.69) is 0 Å². The number of nitriles is 1. The van der Waals surface area contributed by atoms with E-state index >= 15 is 0 Å². The minimum atomic E-state index is -0.746. The fraction of sp³-hybridized carbons (Fsp3) is 0.133. The van der Waals surface area contributed by atoms with E-state index in [1.807, 2.05) is 12.1 Å². The lowest BCUT2D eigenvalue weighted by atomic mass is 10.2. The summed E-state index contributed by atoms with van der Waals surface area (Å²) in [6.45, 7) is 0.193. The Hall–Kier alpha value is -2.61. The van der Waals surface area contributed by atoms with Gasteiger partial charge in [-0.15, -0.1) is 0 Å². The molecule has 5 heteroatoms. The topological polar surface area (TPSA) is 53.0 Å². The van der Waals surface area contributed by atoms with Gasteiger partial charge in [-0.1, -0.05) is 18.2 Å². The lowest BCUT2D eigenvalue weighted by Gasteiger charge is -2.25. The maximum Gasteiger partial charge on any atom is 0.151 e. The number of hydrogen-bond acceptors (Lipinski definition) is 3. The van der Waals surface area contributed by atoms with Gasteiger partial charge in [-0.3, -0.25) is 0 Å². The van der Waals surface area contributed by atoms with Crippen LogP contribution in [0.3, 0.4) is 0 Å². The lowest BCUT2D eigenvalue weighted by molar-refractivity contribution is 0.581. The fourth-order valence-electron chi connectivity index (χ4n) is 1.98. The van der Waals surface area contributed by atoms with Crippen molar-refractivity contribution in [1.82, 2.24) is 0 Å². The molecule has 2 aromatic carbocycles. The standard InChI is InChI=1S/C15H13F2N3/c16-13-9-11(19)10-14(17)15(13)20(8-4-7-18)12-5-2-1-3-6-12/h1-3,5-6,9-10H,4,8,19H2. The van der Waals surface area contributed by atoms with Crippen LogP contribution in [0.15, 0.2) is 42.5 Å². The molecule has 0 spiro atoms. The van der Waals surface area contributed by atoms with Crippen LogP contribution in [-0.4, -0.2) is 6.54 Å². The molecule has 0 bridgehead atoms. The Balaban J connectivity index is 2.50. The first-order valence-corrected chi connectivity index (χ1v) is 6.07. The van der Waals surface area contributed by atoms with Crippen LogP contribution in [0.5, 0.6) is 0 Å². The predicted molar refractivity (Wildman–Crippen MR) is 74.4 cm³/mol. The molecule has 0 atom stereocenters. The van der Waals surface area contributed by atoms with E-state index in [-0.39, 0.29) is 24.3 Å². The van der Waals surface area contributed by atoms with E-state index in [0.29, 0.717) is 5.69 Å². The van der Waals surface area contributed by atoms with Gasteiger partial charge < -0.3 is 10.6 Å². The second kappa shape index (κ2) is 6.02. The van der Waals surface area contributed by atoms with Crippen molar-refractivity contribution in [2.45, 2.75) is 6.42 Å². The van der Waals surface area contributed by atoms with Crippen LogP contribution in [0.1, 0.15) is 6.42 Å². The minimum Gasteiger partial charge on any atom is -0.399 e. The summed E-state index contributed by atoms with van der Waals surface area (Å²) in [5.41, 5.74) is 5.86. The molecule has 0 radical (unpaired) electrons. The van der Waals surface area contributed by atoms with Crippen LogP contribution in [-0.2, 0) is 0 Å². The van der Waals surface area contributed by atoms with Crippen molar-refractivity contribution in [2.75, 3.05) is 17.2 Å². The Morgan fingerprint density at radius 3 is 2.25 bits per heavy atom. The summed E-state index contributed by atoms with van der Waals surface area (Å²) >= 11 is 0. The van der Waals surface area contributed by atoms with Gasteiger partial charge in [-0.05, 0) is 24.3 Å². The average Bonchev–Trinajstić information content (AvgIpc) is 2.42. The fourth-order valence-corrected chi connectivity index (χ4v) is 1.98. The molecule has 0 aliphatic heterocycles. The highest BCUT2D eigenvalue weighted by molar-refractivity contribution is 5.66. The van der Waals surface area contributed by atoms with Gasteiger partial charge in [0.2, 0.25) is 0 Å². The number of halogens is 2. The summed E-state index contributed by atoms with van der Waals surface area (Å²) in [6.07, 6.45) is 0.151.